The SMILES string of the molecule is CCCCCCCCN(CCCCCCCC)CCC(=O)OCCCCCCCCC(C)(CC)CC. The molecule has 0 fully saturated rings. The maximum atomic E-state index is 12.3. The summed E-state index contributed by atoms with van der Waals surface area (Å²) in [5.41, 5.74) is 0.549. The monoisotopic (exact) mass is 510 g/mol. The Kier molecular flexibility index (Phi) is 25.6. The third kappa shape index (κ3) is 22.6. The second-order valence-electron chi connectivity index (χ2n) is 11.7. The largest absolute Gasteiger partial charge is 0.466 e. The topological polar surface area (TPSA) is 29.5 Å². The minimum Gasteiger partial charge on any atom is -0.466 e. The molecule has 3 nitrogen and oxygen atoms in total. The van der Waals surface area contributed by atoms with Crippen molar-refractivity contribution in [1.29, 1.82) is 0 Å². The number of carbonyl (C=O) groups excluding carboxylic acids is 1. The first kappa shape index (κ1) is 35.4. The highest BCUT2D eigenvalue weighted by Crippen LogP contribution is 2.31. The van der Waals surface area contributed by atoms with E-state index in [1.807, 2.05) is 0 Å². The minimum atomic E-state index is 0.00399. The molecule has 36 heavy (non-hydrogen) atoms. The number of rotatable bonds is 28. The lowest BCUT2D eigenvalue weighted by atomic mass is 9.80. The zero-order valence-electron chi connectivity index (χ0n) is 25.6. The van der Waals surface area contributed by atoms with Crippen LogP contribution in [0.1, 0.15) is 176 Å². The molecule has 0 spiro atoms. The molecule has 0 N–H and O–H groups in total. The fourth-order valence-electron chi connectivity index (χ4n) is 5.04. The van der Waals surface area contributed by atoms with Crippen LogP contribution in [0.25, 0.3) is 0 Å². The smallest absolute Gasteiger partial charge is 0.307 e. The molecule has 0 aliphatic carbocycles. The molecular weight excluding hydrogens is 442 g/mol. The number of unbranched alkanes of at least 4 members (excludes halogenated alkanes) is 15. The van der Waals surface area contributed by atoms with Gasteiger partial charge in [-0.05, 0) is 44.2 Å². The first-order valence-corrected chi connectivity index (χ1v) is 16.4. The first-order chi connectivity index (χ1) is 17.5. The van der Waals surface area contributed by atoms with Crippen molar-refractivity contribution in [2.45, 2.75) is 176 Å². The quantitative estimate of drug-likeness (QED) is 0.0775. The van der Waals surface area contributed by atoms with Gasteiger partial charge in [0, 0.05) is 6.54 Å². The highest BCUT2D eigenvalue weighted by Gasteiger charge is 2.18. The van der Waals surface area contributed by atoms with E-state index in [1.54, 1.807) is 0 Å². The van der Waals surface area contributed by atoms with Gasteiger partial charge in [0.15, 0.2) is 0 Å². The molecule has 0 aromatic heterocycles. The molecule has 0 aromatic carbocycles. The van der Waals surface area contributed by atoms with Crippen LogP contribution in [0.5, 0.6) is 0 Å². The van der Waals surface area contributed by atoms with Crippen molar-refractivity contribution in [3.05, 3.63) is 0 Å². The van der Waals surface area contributed by atoms with Gasteiger partial charge in [0.2, 0.25) is 0 Å². The van der Waals surface area contributed by atoms with Gasteiger partial charge in [-0.25, -0.2) is 0 Å². The second kappa shape index (κ2) is 26.1. The molecule has 0 unspecified atom stereocenters. The van der Waals surface area contributed by atoms with Gasteiger partial charge in [0.1, 0.15) is 0 Å². The molecule has 0 saturated heterocycles. The van der Waals surface area contributed by atoms with Crippen LogP contribution in [0, 0.1) is 5.41 Å². The van der Waals surface area contributed by atoms with Crippen molar-refractivity contribution in [2.75, 3.05) is 26.2 Å². The molecule has 0 radical (unpaired) electrons. The molecular formula is C33H67NO2. The molecule has 0 rings (SSSR count). The van der Waals surface area contributed by atoms with Gasteiger partial charge >= 0.3 is 5.97 Å². The lowest BCUT2D eigenvalue weighted by Gasteiger charge is -2.26. The minimum absolute atomic E-state index is 0.00399. The maximum Gasteiger partial charge on any atom is 0.307 e. The van der Waals surface area contributed by atoms with Gasteiger partial charge in [-0.15, -0.1) is 0 Å². The van der Waals surface area contributed by atoms with E-state index in [0.29, 0.717) is 18.4 Å². The summed E-state index contributed by atoms with van der Waals surface area (Å²) in [5, 5.41) is 0. The van der Waals surface area contributed by atoms with Crippen LogP contribution in [0.3, 0.4) is 0 Å². The number of ether oxygens (including phenoxy) is 1. The average Bonchev–Trinajstić information content (AvgIpc) is 2.89. The Morgan fingerprint density at radius 2 is 1.03 bits per heavy atom. The summed E-state index contributed by atoms with van der Waals surface area (Å²) in [7, 11) is 0. The van der Waals surface area contributed by atoms with Crippen LogP contribution in [0.2, 0.25) is 0 Å². The van der Waals surface area contributed by atoms with E-state index in [-0.39, 0.29) is 5.97 Å². The van der Waals surface area contributed by atoms with Gasteiger partial charge in [0.05, 0.1) is 13.0 Å². The summed E-state index contributed by atoms with van der Waals surface area (Å²) < 4.78 is 5.57. The number of hydrogen-bond donors (Lipinski definition) is 0. The zero-order valence-corrected chi connectivity index (χ0v) is 25.6. The number of hydrogen-bond acceptors (Lipinski definition) is 3. The van der Waals surface area contributed by atoms with Gasteiger partial charge in [-0.3, -0.25) is 4.79 Å². The molecule has 0 bridgehead atoms. The van der Waals surface area contributed by atoms with E-state index in [9.17, 15) is 4.79 Å². The van der Waals surface area contributed by atoms with Gasteiger partial charge in [-0.2, -0.15) is 0 Å². The van der Waals surface area contributed by atoms with E-state index >= 15 is 0 Å². The summed E-state index contributed by atoms with van der Waals surface area (Å²) in [6.07, 6.45) is 28.0. The van der Waals surface area contributed by atoms with Crippen LogP contribution in [-0.2, 0) is 9.53 Å². The lowest BCUT2D eigenvalue weighted by molar-refractivity contribution is -0.144. The number of esters is 1. The number of carbonyl (C=O) groups is 1. The molecule has 0 atom stereocenters. The Balaban J connectivity index is 3.93. The average molecular weight is 510 g/mol. The van der Waals surface area contributed by atoms with Crippen molar-refractivity contribution in [3.63, 3.8) is 0 Å². The summed E-state index contributed by atoms with van der Waals surface area (Å²) in [6.45, 7) is 15.4. The molecule has 216 valence electrons. The van der Waals surface area contributed by atoms with E-state index in [0.717, 1.165) is 26.1 Å². The van der Waals surface area contributed by atoms with Crippen molar-refractivity contribution >= 4 is 5.97 Å². The molecule has 0 heterocycles. The molecule has 0 saturated carbocycles. The van der Waals surface area contributed by atoms with E-state index in [2.05, 4.69) is 39.5 Å². The zero-order chi connectivity index (χ0) is 26.7. The van der Waals surface area contributed by atoms with Crippen molar-refractivity contribution in [2.24, 2.45) is 5.41 Å². The van der Waals surface area contributed by atoms with E-state index in [1.165, 1.54) is 128 Å². The summed E-state index contributed by atoms with van der Waals surface area (Å²) >= 11 is 0. The fraction of sp³-hybridized carbons (Fsp3) is 0.970. The third-order valence-electron chi connectivity index (χ3n) is 8.43. The van der Waals surface area contributed by atoms with E-state index in [4.69, 9.17) is 4.74 Å². The third-order valence-corrected chi connectivity index (χ3v) is 8.43. The van der Waals surface area contributed by atoms with Crippen LogP contribution in [0.4, 0.5) is 0 Å². The van der Waals surface area contributed by atoms with Gasteiger partial charge in [-0.1, -0.05) is 144 Å². The van der Waals surface area contributed by atoms with Crippen LogP contribution in [-0.4, -0.2) is 37.1 Å². The Morgan fingerprint density at radius 3 is 1.53 bits per heavy atom. The summed E-state index contributed by atoms with van der Waals surface area (Å²) in [4.78, 5) is 14.9. The fourth-order valence-corrected chi connectivity index (χ4v) is 5.04. The van der Waals surface area contributed by atoms with Crippen molar-refractivity contribution in [3.8, 4) is 0 Å². The maximum absolute atomic E-state index is 12.3. The van der Waals surface area contributed by atoms with Gasteiger partial charge < -0.3 is 9.64 Å². The Bertz CT molecular complexity index is 445. The van der Waals surface area contributed by atoms with Crippen LogP contribution < -0.4 is 0 Å². The Labute approximate surface area is 227 Å². The standard InChI is InChI=1S/C33H67NO2/c1-6-10-12-14-19-23-28-34(29-24-20-15-13-11-7-2)30-26-32(35)36-31-25-21-17-16-18-22-27-33(5,8-3)9-4/h6-31H2,1-5H3. The van der Waals surface area contributed by atoms with Crippen LogP contribution in [0.15, 0.2) is 0 Å². The molecule has 0 amide bonds. The predicted molar refractivity (Wildman–Crippen MR) is 160 cm³/mol. The molecule has 3 heteroatoms. The number of nitrogens with zero attached hydrogens (tertiary/aromatic N) is 1. The Hall–Kier alpha value is -0.570. The summed E-state index contributed by atoms with van der Waals surface area (Å²) in [5.74, 6) is 0.00399. The van der Waals surface area contributed by atoms with Crippen LogP contribution >= 0.6 is 0 Å². The van der Waals surface area contributed by atoms with Crippen molar-refractivity contribution < 1.29 is 9.53 Å². The van der Waals surface area contributed by atoms with E-state index < -0.39 is 0 Å². The molecule has 0 aliphatic heterocycles. The second-order valence-corrected chi connectivity index (χ2v) is 11.7. The highest BCUT2D eigenvalue weighted by molar-refractivity contribution is 5.69. The van der Waals surface area contributed by atoms with Gasteiger partial charge in [0.25, 0.3) is 0 Å². The first-order valence-electron chi connectivity index (χ1n) is 16.4. The molecule has 0 aromatic rings. The normalized spacial score (nSPS) is 11.9. The Morgan fingerprint density at radius 1 is 0.583 bits per heavy atom. The summed E-state index contributed by atoms with van der Waals surface area (Å²) in [6, 6.07) is 0. The molecule has 0 aliphatic rings. The highest BCUT2D eigenvalue weighted by atomic mass is 16.5. The lowest BCUT2D eigenvalue weighted by Crippen LogP contribution is -2.29. The van der Waals surface area contributed by atoms with Crippen molar-refractivity contribution in [1.82, 2.24) is 4.90 Å². The predicted octanol–water partition coefficient (Wildman–Crippen LogP) is 10.5.